The van der Waals surface area contributed by atoms with Crippen LogP contribution in [-0.4, -0.2) is 47.5 Å². The highest BCUT2D eigenvalue weighted by atomic mass is 16.5. The monoisotopic (exact) mass is 252 g/mol. The number of ether oxygens (including phenoxy) is 1. The molecule has 1 unspecified atom stereocenters. The van der Waals surface area contributed by atoms with E-state index in [2.05, 4.69) is 20.6 Å². The Balaban J connectivity index is 1.78. The number of nitrogens with zero attached hydrogens (tertiary/aromatic N) is 2. The average Bonchev–Trinajstić information content (AvgIpc) is 2.90. The summed E-state index contributed by atoms with van der Waals surface area (Å²) in [4.78, 5) is 8.28. The fourth-order valence-electron chi connectivity index (χ4n) is 1.87. The first-order chi connectivity index (χ1) is 8.88. The van der Waals surface area contributed by atoms with E-state index in [1.807, 2.05) is 6.07 Å². The zero-order valence-electron chi connectivity index (χ0n) is 10.4. The van der Waals surface area contributed by atoms with Crippen molar-refractivity contribution >= 4 is 11.6 Å². The first kappa shape index (κ1) is 13.0. The molecule has 1 aromatic rings. The van der Waals surface area contributed by atoms with Gasteiger partial charge in [-0.3, -0.25) is 0 Å². The van der Waals surface area contributed by atoms with Gasteiger partial charge in [0.2, 0.25) is 0 Å². The van der Waals surface area contributed by atoms with Crippen molar-refractivity contribution in [2.75, 3.05) is 36.9 Å². The summed E-state index contributed by atoms with van der Waals surface area (Å²) < 4.78 is 5.54. The first-order valence-electron chi connectivity index (χ1n) is 6.41. The van der Waals surface area contributed by atoms with Crippen LogP contribution in [0, 0.1) is 0 Å². The molecule has 0 spiro atoms. The molecular weight excluding hydrogens is 232 g/mol. The molecule has 0 bridgehead atoms. The molecule has 1 aromatic heterocycles. The van der Waals surface area contributed by atoms with Crippen molar-refractivity contribution in [3.8, 4) is 0 Å². The molecule has 1 saturated heterocycles. The molecule has 100 valence electrons. The lowest BCUT2D eigenvalue weighted by Crippen LogP contribution is -2.19. The molecular formula is C12H20N4O2. The summed E-state index contributed by atoms with van der Waals surface area (Å²) in [6.45, 7) is 2.54. The summed E-state index contributed by atoms with van der Waals surface area (Å²) >= 11 is 0. The van der Waals surface area contributed by atoms with Crippen LogP contribution in [-0.2, 0) is 4.74 Å². The van der Waals surface area contributed by atoms with Crippen LogP contribution in [0.4, 0.5) is 11.6 Å². The van der Waals surface area contributed by atoms with Crippen LogP contribution in [0.3, 0.4) is 0 Å². The SMILES string of the molecule is OCCCNc1cc(NCC2CCCO2)ncn1. The normalized spacial score (nSPS) is 18.8. The van der Waals surface area contributed by atoms with Crippen molar-refractivity contribution in [1.29, 1.82) is 0 Å². The third-order valence-corrected chi connectivity index (χ3v) is 2.84. The van der Waals surface area contributed by atoms with Gasteiger partial charge < -0.3 is 20.5 Å². The van der Waals surface area contributed by atoms with Gasteiger partial charge in [0.25, 0.3) is 0 Å². The van der Waals surface area contributed by atoms with E-state index < -0.39 is 0 Å². The highest BCUT2D eigenvalue weighted by molar-refractivity contribution is 5.46. The number of aliphatic hydroxyl groups is 1. The summed E-state index contributed by atoms with van der Waals surface area (Å²) in [6.07, 6.45) is 4.79. The maximum absolute atomic E-state index is 8.71. The zero-order chi connectivity index (χ0) is 12.6. The number of hydrogen-bond donors (Lipinski definition) is 3. The zero-order valence-corrected chi connectivity index (χ0v) is 10.4. The van der Waals surface area contributed by atoms with Crippen LogP contribution < -0.4 is 10.6 Å². The largest absolute Gasteiger partial charge is 0.396 e. The van der Waals surface area contributed by atoms with Gasteiger partial charge in [-0.1, -0.05) is 0 Å². The quantitative estimate of drug-likeness (QED) is 0.625. The molecule has 1 aliphatic rings. The Bertz CT molecular complexity index is 356. The lowest BCUT2D eigenvalue weighted by Gasteiger charge is -2.12. The van der Waals surface area contributed by atoms with Gasteiger partial charge in [-0.05, 0) is 19.3 Å². The number of aliphatic hydroxyl groups excluding tert-OH is 1. The third-order valence-electron chi connectivity index (χ3n) is 2.84. The van der Waals surface area contributed by atoms with Crippen LogP contribution >= 0.6 is 0 Å². The van der Waals surface area contributed by atoms with Crippen molar-refractivity contribution in [2.24, 2.45) is 0 Å². The van der Waals surface area contributed by atoms with E-state index in [0.29, 0.717) is 19.1 Å². The Morgan fingerprint density at radius 2 is 2.17 bits per heavy atom. The van der Waals surface area contributed by atoms with E-state index in [9.17, 15) is 0 Å². The second-order valence-corrected chi connectivity index (χ2v) is 4.31. The predicted octanol–water partition coefficient (Wildman–Crippen LogP) is 0.862. The molecule has 6 heteroatoms. The van der Waals surface area contributed by atoms with Crippen LogP contribution in [0.25, 0.3) is 0 Å². The number of nitrogens with one attached hydrogen (secondary N) is 2. The van der Waals surface area contributed by atoms with E-state index in [4.69, 9.17) is 9.84 Å². The number of rotatable bonds is 7. The van der Waals surface area contributed by atoms with E-state index in [-0.39, 0.29) is 6.61 Å². The topological polar surface area (TPSA) is 79.3 Å². The minimum absolute atomic E-state index is 0.183. The molecule has 18 heavy (non-hydrogen) atoms. The molecule has 1 atom stereocenters. The molecule has 6 nitrogen and oxygen atoms in total. The molecule has 0 saturated carbocycles. The first-order valence-corrected chi connectivity index (χ1v) is 6.41. The molecule has 0 aromatic carbocycles. The highest BCUT2D eigenvalue weighted by Gasteiger charge is 2.14. The van der Waals surface area contributed by atoms with Crippen LogP contribution in [0.5, 0.6) is 0 Å². The summed E-state index contributed by atoms with van der Waals surface area (Å²) in [5.74, 6) is 1.57. The van der Waals surface area contributed by atoms with E-state index in [1.54, 1.807) is 0 Å². The van der Waals surface area contributed by atoms with Crippen LogP contribution in [0.2, 0.25) is 0 Å². The minimum atomic E-state index is 0.183. The second kappa shape index (κ2) is 7.13. The lowest BCUT2D eigenvalue weighted by molar-refractivity contribution is 0.120. The molecule has 2 heterocycles. The molecule has 0 amide bonds. The number of anilines is 2. The van der Waals surface area contributed by atoms with Gasteiger partial charge in [-0.15, -0.1) is 0 Å². The maximum Gasteiger partial charge on any atom is 0.131 e. The average molecular weight is 252 g/mol. The van der Waals surface area contributed by atoms with Gasteiger partial charge in [0, 0.05) is 32.4 Å². The fourth-order valence-corrected chi connectivity index (χ4v) is 1.87. The molecule has 1 fully saturated rings. The third kappa shape index (κ3) is 4.12. The minimum Gasteiger partial charge on any atom is -0.396 e. The van der Waals surface area contributed by atoms with Crippen molar-refractivity contribution in [3.05, 3.63) is 12.4 Å². The Morgan fingerprint density at radius 3 is 2.89 bits per heavy atom. The standard InChI is InChI=1S/C12H20N4O2/c17-5-2-4-13-11-7-12(16-9-15-11)14-8-10-3-1-6-18-10/h7,9-10,17H,1-6,8H2,(H2,13,14,15,16). The Morgan fingerprint density at radius 1 is 1.33 bits per heavy atom. The summed E-state index contributed by atoms with van der Waals surface area (Å²) in [5.41, 5.74) is 0. The Labute approximate surface area is 107 Å². The van der Waals surface area contributed by atoms with Gasteiger partial charge in [0.1, 0.15) is 18.0 Å². The van der Waals surface area contributed by atoms with Crippen molar-refractivity contribution in [3.63, 3.8) is 0 Å². The van der Waals surface area contributed by atoms with Gasteiger partial charge in [-0.2, -0.15) is 0 Å². The fraction of sp³-hybridized carbons (Fsp3) is 0.667. The van der Waals surface area contributed by atoms with E-state index in [0.717, 1.165) is 37.6 Å². The molecule has 3 N–H and O–H groups in total. The van der Waals surface area contributed by atoms with E-state index in [1.165, 1.54) is 6.33 Å². The van der Waals surface area contributed by atoms with Gasteiger partial charge in [0.15, 0.2) is 0 Å². The Hall–Kier alpha value is -1.40. The lowest BCUT2D eigenvalue weighted by atomic mass is 10.2. The predicted molar refractivity (Wildman–Crippen MR) is 69.7 cm³/mol. The number of hydrogen-bond acceptors (Lipinski definition) is 6. The van der Waals surface area contributed by atoms with Gasteiger partial charge >= 0.3 is 0 Å². The smallest absolute Gasteiger partial charge is 0.131 e. The van der Waals surface area contributed by atoms with Gasteiger partial charge in [0.05, 0.1) is 6.10 Å². The maximum atomic E-state index is 8.71. The van der Waals surface area contributed by atoms with E-state index >= 15 is 0 Å². The Kier molecular flexibility index (Phi) is 5.16. The van der Waals surface area contributed by atoms with Crippen LogP contribution in [0.1, 0.15) is 19.3 Å². The summed E-state index contributed by atoms with van der Waals surface area (Å²) in [5, 5.41) is 15.1. The molecule has 1 aliphatic heterocycles. The molecule has 0 aliphatic carbocycles. The highest BCUT2D eigenvalue weighted by Crippen LogP contribution is 2.14. The van der Waals surface area contributed by atoms with Crippen LogP contribution in [0.15, 0.2) is 12.4 Å². The van der Waals surface area contributed by atoms with Crippen molar-refractivity contribution in [1.82, 2.24) is 9.97 Å². The molecule has 0 radical (unpaired) electrons. The summed E-state index contributed by atoms with van der Waals surface area (Å²) in [7, 11) is 0. The molecule has 2 rings (SSSR count). The van der Waals surface area contributed by atoms with Crippen molar-refractivity contribution in [2.45, 2.75) is 25.4 Å². The number of aromatic nitrogens is 2. The second-order valence-electron chi connectivity index (χ2n) is 4.31. The van der Waals surface area contributed by atoms with Crippen molar-refractivity contribution < 1.29 is 9.84 Å². The van der Waals surface area contributed by atoms with Gasteiger partial charge in [-0.25, -0.2) is 9.97 Å². The summed E-state index contributed by atoms with van der Waals surface area (Å²) in [6, 6.07) is 1.87.